The van der Waals surface area contributed by atoms with Crippen molar-refractivity contribution in [3.63, 3.8) is 0 Å². The van der Waals surface area contributed by atoms with Crippen LogP contribution in [0.4, 0.5) is 0 Å². The molecule has 4 aromatic rings. The third kappa shape index (κ3) is 3.15. The Bertz CT molecular complexity index is 1070. The van der Waals surface area contributed by atoms with E-state index in [9.17, 15) is 5.11 Å². The first-order valence-electron chi connectivity index (χ1n) is 8.22. The first-order valence-corrected chi connectivity index (χ1v) is 8.22. The smallest absolute Gasteiger partial charge is 0.122 e. The number of benzene rings is 3. The average molecular weight is 323 g/mol. The van der Waals surface area contributed by atoms with E-state index in [1.807, 2.05) is 60.7 Å². The van der Waals surface area contributed by atoms with Gasteiger partial charge in [-0.05, 0) is 23.8 Å². The van der Waals surface area contributed by atoms with Crippen LogP contribution in [0.25, 0.3) is 34.3 Å². The molecule has 4 rings (SSSR count). The molecule has 0 saturated carbocycles. The largest absolute Gasteiger partial charge is 0.507 e. The molecule has 120 valence electrons. The van der Waals surface area contributed by atoms with Crippen LogP contribution in [0.2, 0.25) is 0 Å². The highest BCUT2D eigenvalue weighted by molar-refractivity contribution is 5.85. The number of phenols is 1. The Morgan fingerprint density at radius 1 is 0.640 bits per heavy atom. The van der Waals surface area contributed by atoms with Crippen LogP contribution in [0.5, 0.6) is 5.75 Å². The maximum absolute atomic E-state index is 9.93. The third-order valence-corrected chi connectivity index (χ3v) is 4.21. The predicted molar refractivity (Wildman–Crippen MR) is 104 cm³/mol. The van der Waals surface area contributed by atoms with Gasteiger partial charge in [-0.3, -0.25) is 0 Å². The Kier molecular flexibility index (Phi) is 4.01. The lowest BCUT2D eigenvalue weighted by atomic mass is 10.0. The van der Waals surface area contributed by atoms with E-state index >= 15 is 0 Å². The number of pyridine rings is 1. The molecule has 1 aromatic heterocycles. The molecular weight excluding hydrogens is 306 g/mol. The lowest BCUT2D eigenvalue weighted by Gasteiger charge is -2.07. The van der Waals surface area contributed by atoms with Crippen molar-refractivity contribution in [2.24, 2.45) is 0 Å². The fourth-order valence-corrected chi connectivity index (χ4v) is 2.90. The normalized spacial score (nSPS) is 11.2. The van der Waals surface area contributed by atoms with Gasteiger partial charge in [-0.1, -0.05) is 78.9 Å². The second-order valence-electron chi connectivity index (χ2n) is 5.87. The van der Waals surface area contributed by atoms with Gasteiger partial charge in [0, 0.05) is 16.5 Å². The minimum atomic E-state index is 0.278. The maximum Gasteiger partial charge on any atom is 0.122 e. The molecule has 0 aliphatic heterocycles. The van der Waals surface area contributed by atoms with Gasteiger partial charge in [0.25, 0.3) is 0 Å². The zero-order valence-electron chi connectivity index (χ0n) is 13.6. The average Bonchev–Trinajstić information content (AvgIpc) is 2.67. The fraction of sp³-hybridized carbons (Fsp3) is 0. The van der Waals surface area contributed by atoms with Gasteiger partial charge in [0.15, 0.2) is 0 Å². The summed E-state index contributed by atoms with van der Waals surface area (Å²) < 4.78 is 0. The second-order valence-corrected chi connectivity index (χ2v) is 5.87. The zero-order chi connectivity index (χ0) is 17.1. The van der Waals surface area contributed by atoms with Crippen molar-refractivity contribution < 1.29 is 5.11 Å². The molecule has 0 radical (unpaired) electrons. The number of rotatable bonds is 3. The Morgan fingerprint density at radius 3 is 2.20 bits per heavy atom. The van der Waals surface area contributed by atoms with E-state index in [0.717, 1.165) is 33.3 Å². The molecule has 2 nitrogen and oxygen atoms in total. The van der Waals surface area contributed by atoms with Crippen LogP contribution in [0.15, 0.2) is 84.9 Å². The van der Waals surface area contributed by atoms with Gasteiger partial charge >= 0.3 is 0 Å². The van der Waals surface area contributed by atoms with Gasteiger partial charge in [-0.2, -0.15) is 0 Å². The van der Waals surface area contributed by atoms with Crippen LogP contribution in [0.3, 0.4) is 0 Å². The summed E-state index contributed by atoms with van der Waals surface area (Å²) in [5.41, 5.74) is 4.85. The Balaban J connectivity index is 1.77. The molecule has 0 aliphatic rings. The van der Waals surface area contributed by atoms with E-state index in [0.29, 0.717) is 0 Å². The number of para-hydroxylation sites is 2. The van der Waals surface area contributed by atoms with Crippen molar-refractivity contribution in [1.29, 1.82) is 0 Å². The summed E-state index contributed by atoms with van der Waals surface area (Å²) in [6.07, 6.45) is 3.94. The molecule has 0 unspecified atom stereocenters. The van der Waals surface area contributed by atoms with Crippen molar-refractivity contribution >= 4 is 23.1 Å². The summed E-state index contributed by atoms with van der Waals surface area (Å²) in [5.74, 6) is 0.278. The van der Waals surface area contributed by atoms with Gasteiger partial charge in [0.1, 0.15) is 5.75 Å². The highest BCUT2D eigenvalue weighted by Crippen LogP contribution is 2.27. The Hall–Kier alpha value is -3.39. The van der Waals surface area contributed by atoms with Gasteiger partial charge in [-0.25, -0.2) is 4.98 Å². The number of phenolic OH excluding ortho intramolecular Hbond substituents is 1. The number of nitrogens with zero attached hydrogens (tertiary/aromatic N) is 1. The minimum absolute atomic E-state index is 0.278. The van der Waals surface area contributed by atoms with Crippen LogP contribution in [0.1, 0.15) is 11.1 Å². The Morgan fingerprint density at radius 2 is 1.32 bits per heavy atom. The van der Waals surface area contributed by atoms with Gasteiger partial charge in [0.2, 0.25) is 0 Å². The number of fused-ring (bicyclic) bond motifs is 1. The molecule has 0 fully saturated rings. The number of aromatic hydroxyl groups is 1. The van der Waals surface area contributed by atoms with Gasteiger partial charge < -0.3 is 5.11 Å². The SMILES string of the molecule is Oc1ccccc1/C=C/c1ccccc1-c1ccc2ccccc2n1. The van der Waals surface area contributed by atoms with Gasteiger partial charge in [-0.15, -0.1) is 0 Å². The molecule has 0 aliphatic carbocycles. The summed E-state index contributed by atoms with van der Waals surface area (Å²) in [6.45, 7) is 0. The summed E-state index contributed by atoms with van der Waals surface area (Å²) in [4.78, 5) is 4.80. The molecule has 0 bridgehead atoms. The van der Waals surface area contributed by atoms with Crippen molar-refractivity contribution in [2.75, 3.05) is 0 Å². The van der Waals surface area contributed by atoms with E-state index < -0.39 is 0 Å². The lowest BCUT2D eigenvalue weighted by molar-refractivity contribution is 0.474. The third-order valence-electron chi connectivity index (χ3n) is 4.21. The van der Waals surface area contributed by atoms with Gasteiger partial charge in [0.05, 0.1) is 11.2 Å². The maximum atomic E-state index is 9.93. The minimum Gasteiger partial charge on any atom is -0.507 e. The highest BCUT2D eigenvalue weighted by atomic mass is 16.3. The van der Waals surface area contributed by atoms with E-state index in [-0.39, 0.29) is 5.75 Å². The molecule has 1 heterocycles. The van der Waals surface area contributed by atoms with E-state index in [2.05, 4.69) is 30.3 Å². The summed E-state index contributed by atoms with van der Waals surface area (Å²) in [5, 5.41) is 11.1. The van der Waals surface area contributed by atoms with Crippen LogP contribution < -0.4 is 0 Å². The zero-order valence-corrected chi connectivity index (χ0v) is 13.6. The van der Waals surface area contributed by atoms with E-state index in [4.69, 9.17) is 4.98 Å². The van der Waals surface area contributed by atoms with Crippen molar-refractivity contribution in [3.05, 3.63) is 96.1 Å². The molecule has 0 spiro atoms. The van der Waals surface area contributed by atoms with Crippen LogP contribution in [-0.4, -0.2) is 10.1 Å². The van der Waals surface area contributed by atoms with E-state index in [1.165, 1.54) is 0 Å². The summed E-state index contributed by atoms with van der Waals surface area (Å²) >= 11 is 0. The predicted octanol–water partition coefficient (Wildman–Crippen LogP) is 5.78. The van der Waals surface area contributed by atoms with Crippen LogP contribution >= 0.6 is 0 Å². The molecule has 0 atom stereocenters. The summed E-state index contributed by atoms with van der Waals surface area (Å²) in [7, 11) is 0. The quantitative estimate of drug-likeness (QED) is 0.485. The summed E-state index contributed by atoms with van der Waals surface area (Å²) in [6, 6.07) is 27.7. The fourth-order valence-electron chi connectivity index (χ4n) is 2.90. The highest BCUT2D eigenvalue weighted by Gasteiger charge is 2.05. The first-order chi connectivity index (χ1) is 12.3. The van der Waals surface area contributed by atoms with Crippen LogP contribution in [0, 0.1) is 0 Å². The van der Waals surface area contributed by atoms with Crippen LogP contribution in [-0.2, 0) is 0 Å². The molecular formula is C23H17NO. The van der Waals surface area contributed by atoms with E-state index in [1.54, 1.807) is 6.07 Å². The molecule has 0 saturated heterocycles. The van der Waals surface area contributed by atoms with Crippen molar-refractivity contribution in [3.8, 4) is 17.0 Å². The number of aromatic nitrogens is 1. The second kappa shape index (κ2) is 6.62. The number of hydrogen-bond acceptors (Lipinski definition) is 2. The van der Waals surface area contributed by atoms with Crippen molar-refractivity contribution in [2.45, 2.75) is 0 Å². The standard InChI is InChI=1S/C23H17NO/c25-23-12-6-3-9-19(23)14-13-17-7-1-4-10-20(17)22-16-15-18-8-2-5-11-21(18)24-22/h1-16,25H/b14-13+. The molecule has 25 heavy (non-hydrogen) atoms. The Labute approximate surface area is 146 Å². The number of hydrogen-bond donors (Lipinski definition) is 1. The lowest BCUT2D eigenvalue weighted by Crippen LogP contribution is -1.88. The monoisotopic (exact) mass is 323 g/mol. The molecule has 2 heteroatoms. The topological polar surface area (TPSA) is 33.1 Å². The van der Waals surface area contributed by atoms with Crippen molar-refractivity contribution in [1.82, 2.24) is 4.98 Å². The molecule has 0 amide bonds. The molecule has 1 N–H and O–H groups in total. The molecule has 3 aromatic carbocycles. The first kappa shape index (κ1) is 15.2.